The lowest BCUT2D eigenvalue weighted by molar-refractivity contribution is 1.33. The Labute approximate surface area is 91.5 Å². The van der Waals surface area contributed by atoms with Gasteiger partial charge in [-0.25, -0.2) is 0 Å². The number of hydrogen-bond acceptors (Lipinski definition) is 0. The third-order valence-electron chi connectivity index (χ3n) is 1.57. The normalized spacial score (nSPS) is 8.08. The molecule has 0 heterocycles. The first-order valence-electron chi connectivity index (χ1n) is 3.63. The molecule has 0 amide bonds. The van der Waals surface area contributed by atoms with Gasteiger partial charge in [-0.15, -0.1) is 0 Å². The van der Waals surface area contributed by atoms with Crippen molar-refractivity contribution in [3.63, 3.8) is 0 Å². The fourth-order valence-electron chi connectivity index (χ4n) is 0.804. The quantitative estimate of drug-likeness (QED) is 0.580. The topological polar surface area (TPSA) is 0 Å². The highest BCUT2D eigenvalue weighted by atomic mass is 35.6. The predicted octanol–water partition coefficient (Wildman–Crippen LogP) is 3.48. The lowest BCUT2D eigenvalue weighted by atomic mass is 10.1. The molecule has 0 aliphatic rings. The monoisotopic (exact) mass is 213 g/mol. The van der Waals surface area contributed by atoms with Crippen LogP contribution >= 0.6 is 18.1 Å². The SMILES string of the molecule is [CH2]c1ccc(C)c(C)c1.[Cl][Mg][Cl]. The zero-order valence-electron chi connectivity index (χ0n) is 7.40. The molecule has 0 aliphatic carbocycles. The highest BCUT2D eigenvalue weighted by Gasteiger charge is 1.89. The van der Waals surface area contributed by atoms with Crippen LogP contribution in [0.1, 0.15) is 16.7 Å². The van der Waals surface area contributed by atoms with Crippen LogP contribution in [0.4, 0.5) is 0 Å². The average Bonchev–Trinajstić information content (AvgIpc) is 1.99. The zero-order chi connectivity index (χ0) is 9.56. The van der Waals surface area contributed by atoms with E-state index in [1.54, 1.807) is 0 Å². The predicted molar refractivity (Wildman–Crippen MR) is 57.8 cm³/mol. The summed E-state index contributed by atoms with van der Waals surface area (Å²) >= 11 is -0.639. The number of rotatable bonds is 0. The Morgan fingerprint density at radius 2 is 1.67 bits per heavy atom. The van der Waals surface area contributed by atoms with E-state index in [2.05, 4.69) is 32.9 Å². The molecule has 0 aliphatic heterocycles. The van der Waals surface area contributed by atoms with Crippen molar-refractivity contribution in [1.29, 1.82) is 0 Å². The Morgan fingerprint density at radius 1 is 1.17 bits per heavy atom. The molecule has 0 nitrogen and oxygen atoms in total. The molecule has 0 saturated carbocycles. The summed E-state index contributed by atoms with van der Waals surface area (Å²) in [6.45, 7) is 8.03. The van der Waals surface area contributed by atoms with Crippen LogP contribution in [0, 0.1) is 20.8 Å². The highest BCUT2D eigenvalue weighted by molar-refractivity contribution is 7.22. The van der Waals surface area contributed by atoms with E-state index < -0.39 is 18.2 Å². The molecular weight excluding hydrogens is 203 g/mol. The van der Waals surface area contributed by atoms with E-state index in [0.717, 1.165) is 5.56 Å². The van der Waals surface area contributed by atoms with Crippen LogP contribution in [0.15, 0.2) is 18.2 Å². The Balaban J connectivity index is 0.000000354. The first-order valence-corrected chi connectivity index (χ1v) is 7.90. The number of benzene rings is 1. The van der Waals surface area contributed by atoms with Crippen molar-refractivity contribution in [3.8, 4) is 0 Å². The molecule has 0 aromatic heterocycles. The lowest BCUT2D eigenvalue weighted by Crippen LogP contribution is -1.79. The summed E-state index contributed by atoms with van der Waals surface area (Å²) in [5.74, 6) is 0. The molecule has 0 fully saturated rings. The molecule has 0 saturated heterocycles. The smallest absolute Gasteiger partial charge is 0.309 e. The van der Waals surface area contributed by atoms with Crippen molar-refractivity contribution >= 4 is 36.3 Å². The second-order valence-electron chi connectivity index (χ2n) is 2.52. The summed E-state index contributed by atoms with van der Waals surface area (Å²) in [5.41, 5.74) is 3.75. The van der Waals surface area contributed by atoms with E-state index in [1.807, 2.05) is 6.07 Å². The molecule has 0 bridgehead atoms. The van der Waals surface area contributed by atoms with Crippen LogP contribution in [0.5, 0.6) is 0 Å². The van der Waals surface area contributed by atoms with Gasteiger partial charge in [0.15, 0.2) is 0 Å². The maximum absolute atomic E-state index is 4.90. The maximum atomic E-state index is 4.90. The summed E-state index contributed by atoms with van der Waals surface area (Å²) in [5, 5.41) is 0. The molecule has 0 spiro atoms. The number of halogens is 2. The van der Waals surface area contributed by atoms with Gasteiger partial charge in [-0.05, 0) is 37.5 Å². The third kappa shape index (κ3) is 5.25. The molecule has 3 heteroatoms. The standard InChI is InChI=1S/C9H11.2ClH.Mg/c1-7-4-5-8(2)9(3)6-7;;;/h4-6H,1H2,2-3H3;2*1H;/q;;;+2/p-2. The van der Waals surface area contributed by atoms with Crippen molar-refractivity contribution in [2.45, 2.75) is 13.8 Å². The fourth-order valence-corrected chi connectivity index (χ4v) is 0.804. The van der Waals surface area contributed by atoms with Gasteiger partial charge in [-0.3, -0.25) is 0 Å². The maximum Gasteiger partial charge on any atom is 0.618 e. The Kier molecular flexibility index (Phi) is 7.35. The van der Waals surface area contributed by atoms with E-state index in [-0.39, 0.29) is 0 Å². The second kappa shape index (κ2) is 7.02. The summed E-state index contributed by atoms with van der Waals surface area (Å²) in [6, 6.07) is 6.22. The fraction of sp³-hybridized carbons (Fsp3) is 0.222. The second-order valence-corrected chi connectivity index (χ2v) is 5.15. The van der Waals surface area contributed by atoms with Gasteiger partial charge in [0.2, 0.25) is 0 Å². The molecule has 1 radical (unpaired) electrons. The van der Waals surface area contributed by atoms with Crippen LogP contribution in [0.25, 0.3) is 0 Å². The van der Waals surface area contributed by atoms with Gasteiger partial charge in [-0.2, -0.15) is 0 Å². The Hall–Kier alpha value is 0.566. The Bertz CT molecular complexity index is 236. The van der Waals surface area contributed by atoms with Gasteiger partial charge < -0.3 is 18.1 Å². The number of hydrogen-bond donors (Lipinski definition) is 0. The molecule has 1 aromatic rings. The minimum atomic E-state index is -0.639. The lowest BCUT2D eigenvalue weighted by Gasteiger charge is -1.98. The summed E-state index contributed by atoms with van der Waals surface area (Å²) in [7, 11) is 9.81. The average molecular weight is 214 g/mol. The van der Waals surface area contributed by atoms with Gasteiger partial charge in [-0.1, -0.05) is 18.2 Å². The molecule has 63 valence electrons. The third-order valence-corrected chi connectivity index (χ3v) is 1.57. The molecule has 0 N–H and O–H groups in total. The molecule has 12 heavy (non-hydrogen) atoms. The molecule has 0 atom stereocenters. The van der Waals surface area contributed by atoms with Crippen molar-refractivity contribution in [2.24, 2.45) is 0 Å². The van der Waals surface area contributed by atoms with E-state index in [4.69, 9.17) is 18.1 Å². The van der Waals surface area contributed by atoms with Crippen molar-refractivity contribution in [3.05, 3.63) is 41.8 Å². The van der Waals surface area contributed by atoms with Gasteiger partial charge in [0, 0.05) is 0 Å². The molecule has 1 rings (SSSR count). The van der Waals surface area contributed by atoms with Gasteiger partial charge in [0.25, 0.3) is 0 Å². The molecule has 1 aromatic carbocycles. The molecular formula is C9H11Cl2Mg. The Morgan fingerprint density at radius 3 is 2.00 bits per heavy atom. The van der Waals surface area contributed by atoms with Crippen molar-refractivity contribution in [1.82, 2.24) is 0 Å². The van der Waals surface area contributed by atoms with Crippen LogP contribution in [0.3, 0.4) is 0 Å². The van der Waals surface area contributed by atoms with Crippen LogP contribution in [-0.4, -0.2) is 18.2 Å². The molecule has 0 unspecified atom stereocenters. The minimum absolute atomic E-state index is 0.639. The number of aryl methyl sites for hydroxylation is 2. The van der Waals surface area contributed by atoms with E-state index >= 15 is 0 Å². The van der Waals surface area contributed by atoms with E-state index in [1.165, 1.54) is 11.1 Å². The van der Waals surface area contributed by atoms with Crippen LogP contribution in [0.2, 0.25) is 0 Å². The zero-order valence-corrected chi connectivity index (χ0v) is 10.3. The largest absolute Gasteiger partial charge is 0.618 e. The summed E-state index contributed by atoms with van der Waals surface area (Å²) < 4.78 is 0. The van der Waals surface area contributed by atoms with Gasteiger partial charge in [0.1, 0.15) is 0 Å². The van der Waals surface area contributed by atoms with E-state index in [9.17, 15) is 0 Å². The van der Waals surface area contributed by atoms with Crippen molar-refractivity contribution < 1.29 is 0 Å². The van der Waals surface area contributed by atoms with Crippen molar-refractivity contribution in [2.75, 3.05) is 0 Å². The first kappa shape index (κ1) is 12.6. The van der Waals surface area contributed by atoms with Crippen LogP contribution in [-0.2, 0) is 0 Å². The highest BCUT2D eigenvalue weighted by Crippen LogP contribution is 2.07. The minimum Gasteiger partial charge on any atom is -0.309 e. The summed E-state index contributed by atoms with van der Waals surface area (Å²) in [4.78, 5) is 0. The van der Waals surface area contributed by atoms with Gasteiger partial charge >= 0.3 is 18.2 Å². The first-order chi connectivity index (χ1) is 5.61. The van der Waals surface area contributed by atoms with E-state index in [0.29, 0.717) is 0 Å². The van der Waals surface area contributed by atoms with Gasteiger partial charge in [0.05, 0.1) is 0 Å². The summed E-state index contributed by atoms with van der Waals surface area (Å²) in [6.07, 6.45) is 0. The van der Waals surface area contributed by atoms with Crippen LogP contribution < -0.4 is 0 Å².